The highest BCUT2D eigenvalue weighted by Crippen LogP contribution is 2.49. The lowest BCUT2D eigenvalue weighted by Gasteiger charge is -2.43. The normalized spacial score (nSPS) is 25.4. The van der Waals surface area contributed by atoms with Crippen LogP contribution in [-0.4, -0.2) is 11.1 Å². The van der Waals surface area contributed by atoms with E-state index in [1.54, 1.807) is 0 Å². The van der Waals surface area contributed by atoms with Crippen molar-refractivity contribution >= 4 is 5.97 Å². The van der Waals surface area contributed by atoms with Crippen LogP contribution in [0.4, 0.5) is 0 Å². The number of hydrogen-bond acceptors (Lipinski definition) is 1. The number of unbranched alkanes of at least 4 members (excludes halogenated alkanes) is 9. The van der Waals surface area contributed by atoms with Crippen LogP contribution >= 0.6 is 0 Å². The van der Waals surface area contributed by atoms with Crippen molar-refractivity contribution in [3.05, 3.63) is 0 Å². The Hall–Kier alpha value is -0.530. The molecule has 0 bridgehead atoms. The molecule has 0 atom stereocenters. The third kappa shape index (κ3) is 7.42. The molecular formula is C25H46O2. The van der Waals surface area contributed by atoms with E-state index in [0.29, 0.717) is 5.92 Å². The van der Waals surface area contributed by atoms with Crippen LogP contribution in [0.2, 0.25) is 0 Å². The van der Waals surface area contributed by atoms with Crippen LogP contribution in [0.25, 0.3) is 0 Å². The van der Waals surface area contributed by atoms with E-state index >= 15 is 0 Å². The average Bonchev–Trinajstić information content (AvgIpc) is 2.70. The largest absolute Gasteiger partial charge is 0.481 e. The number of aliphatic carboxylic acids is 1. The molecule has 0 aromatic heterocycles. The molecule has 2 heteroatoms. The maximum Gasteiger partial charge on any atom is 0.309 e. The molecule has 158 valence electrons. The number of carboxylic acids is 1. The maximum absolute atomic E-state index is 12.0. The summed E-state index contributed by atoms with van der Waals surface area (Å²) >= 11 is 0. The van der Waals surface area contributed by atoms with E-state index in [0.717, 1.165) is 31.6 Å². The third-order valence-electron chi connectivity index (χ3n) is 7.77. The lowest BCUT2D eigenvalue weighted by Crippen LogP contribution is -2.42. The van der Waals surface area contributed by atoms with Crippen molar-refractivity contribution in [3.63, 3.8) is 0 Å². The van der Waals surface area contributed by atoms with Crippen molar-refractivity contribution in [1.29, 1.82) is 0 Å². The summed E-state index contributed by atoms with van der Waals surface area (Å²) in [5, 5.41) is 9.91. The standard InChI is InChI=1S/C25H46O2/c1-2-3-4-5-6-7-8-9-10-12-15-22-16-18-23(19-17-22)25(24(26)27)20-13-11-14-21-25/h22-23H,2-21H2,1H3,(H,26,27). The fraction of sp³-hybridized carbons (Fsp3) is 0.960. The van der Waals surface area contributed by atoms with Gasteiger partial charge in [-0.25, -0.2) is 0 Å². The fourth-order valence-electron chi connectivity index (χ4n) is 5.90. The first-order valence-electron chi connectivity index (χ1n) is 12.4. The van der Waals surface area contributed by atoms with Crippen LogP contribution < -0.4 is 0 Å². The highest BCUT2D eigenvalue weighted by molar-refractivity contribution is 5.75. The summed E-state index contributed by atoms with van der Waals surface area (Å²) in [4.78, 5) is 12.0. The first-order valence-corrected chi connectivity index (χ1v) is 12.4. The highest BCUT2D eigenvalue weighted by Gasteiger charge is 2.46. The molecular weight excluding hydrogens is 332 g/mol. The molecule has 2 aliphatic carbocycles. The van der Waals surface area contributed by atoms with E-state index in [4.69, 9.17) is 0 Å². The molecule has 0 aliphatic heterocycles. The van der Waals surface area contributed by atoms with E-state index in [2.05, 4.69) is 6.92 Å². The summed E-state index contributed by atoms with van der Waals surface area (Å²) < 4.78 is 0. The molecule has 0 amide bonds. The van der Waals surface area contributed by atoms with Crippen molar-refractivity contribution in [2.45, 2.75) is 135 Å². The second-order valence-electron chi connectivity index (χ2n) is 9.71. The summed E-state index contributed by atoms with van der Waals surface area (Å²) in [7, 11) is 0. The predicted molar refractivity (Wildman–Crippen MR) is 115 cm³/mol. The van der Waals surface area contributed by atoms with Crippen LogP contribution in [0.1, 0.15) is 135 Å². The monoisotopic (exact) mass is 378 g/mol. The molecule has 2 fully saturated rings. The number of carboxylic acid groups (broad SMARTS) is 1. The second-order valence-corrected chi connectivity index (χ2v) is 9.71. The van der Waals surface area contributed by atoms with Gasteiger partial charge in [-0.3, -0.25) is 4.79 Å². The Balaban J connectivity index is 1.53. The molecule has 0 unspecified atom stereocenters. The van der Waals surface area contributed by atoms with Gasteiger partial charge in [-0.15, -0.1) is 0 Å². The number of carbonyl (C=O) groups is 1. The van der Waals surface area contributed by atoms with Crippen molar-refractivity contribution < 1.29 is 9.90 Å². The van der Waals surface area contributed by atoms with Crippen LogP contribution in [-0.2, 0) is 4.79 Å². The fourth-order valence-corrected chi connectivity index (χ4v) is 5.90. The van der Waals surface area contributed by atoms with E-state index in [9.17, 15) is 9.90 Å². The molecule has 2 rings (SSSR count). The minimum Gasteiger partial charge on any atom is -0.481 e. The van der Waals surface area contributed by atoms with Crippen LogP contribution in [0, 0.1) is 17.3 Å². The quantitative estimate of drug-likeness (QED) is 0.328. The van der Waals surface area contributed by atoms with E-state index in [-0.39, 0.29) is 5.41 Å². The van der Waals surface area contributed by atoms with E-state index in [1.165, 1.54) is 103 Å². The minimum atomic E-state index is -0.486. The molecule has 0 aromatic rings. The Kier molecular flexibility index (Phi) is 10.8. The third-order valence-corrected chi connectivity index (χ3v) is 7.77. The smallest absolute Gasteiger partial charge is 0.309 e. The van der Waals surface area contributed by atoms with E-state index in [1.807, 2.05) is 0 Å². The zero-order valence-corrected chi connectivity index (χ0v) is 18.2. The molecule has 0 radical (unpaired) electrons. The van der Waals surface area contributed by atoms with Gasteiger partial charge < -0.3 is 5.11 Å². The van der Waals surface area contributed by atoms with Crippen LogP contribution in [0.3, 0.4) is 0 Å². The Morgan fingerprint density at radius 2 is 1.30 bits per heavy atom. The first-order chi connectivity index (χ1) is 13.2. The summed E-state index contributed by atoms with van der Waals surface area (Å²) in [6.07, 6.45) is 25.9. The zero-order valence-electron chi connectivity index (χ0n) is 18.2. The molecule has 27 heavy (non-hydrogen) atoms. The topological polar surface area (TPSA) is 37.3 Å². The number of rotatable bonds is 13. The lowest BCUT2D eigenvalue weighted by molar-refractivity contribution is -0.157. The predicted octanol–water partition coefficient (Wildman–Crippen LogP) is 8.14. The van der Waals surface area contributed by atoms with Gasteiger partial charge in [-0.2, -0.15) is 0 Å². The number of hydrogen-bond donors (Lipinski definition) is 1. The van der Waals surface area contributed by atoms with Gasteiger partial charge in [-0.1, -0.05) is 110 Å². The van der Waals surface area contributed by atoms with Crippen LogP contribution in [0.15, 0.2) is 0 Å². The van der Waals surface area contributed by atoms with Crippen molar-refractivity contribution in [2.24, 2.45) is 17.3 Å². The van der Waals surface area contributed by atoms with Gasteiger partial charge in [0.05, 0.1) is 5.41 Å². The molecule has 0 saturated heterocycles. The summed E-state index contributed by atoms with van der Waals surface area (Å²) in [6, 6.07) is 0. The lowest BCUT2D eigenvalue weighted by atomic mass is 9.60. The Morgan fingerprint density at radius 3 is 1.81 bits per heavy atom. The molecule has 0 spiro atoms. The highest BCUT2D eigenvalue weighted by atomic mass is 16.4. The van der Waals surface area contributed by atoms with Crippen molar-refractivity contribution in [2.75, 3.05) is 0 Å². The van der Waals surface area contributed by atoms with Crippen molar-refractivity contribution in [1.82, 2.24) is 0 Å². The van der Waals surface area contributed by atoms with Gasteiger partial charge in [0.15, 0.2) is 0 Å². The maximum atomic E-state index is 12.0. The Bertz CT molecular complexity index is 389. The van der Waals surface area contributed by atoms with Gasteiger partial charge >= 0.3 is 5.97 Å². The van der Waals surface area contributed by atoms with Gasteiger partial charge in [0.2, 0.25) is 0 Å². The van der Waals surface area contributed by atoms with E-state index < -0.39 is 5.97 Å². The zero-order chi connectivity index (χ0) is 19.4. The van der Waals surface area contributed by atoms with Gasteiger partial charge in [-0.05, 0) is 37.5 Å². The summed E-state index contributed by atoms with van der Waals surface area (Å²) in [6.45, 7) is 2.28. The average molecular weight is 379 g/mol. The van der Waals surface area contributed by atoms with Gasteiger partial charge in [0, 0.05) is 0 Å². The van der Waals surface area contributed by atoms with Gasteiger partial charge in [0.1, 0.15) is 0 Å². The van der Waals surface area contributed by atoms with Crippen molar-refractivity contribution in [3.8, 4) is 0 Å². The molecule has 2 nitrogen and oxygen atoms in total. The Labute approximate surface area is 168 Å². The molecule has 0 aromatic carbocycles. The summed E-state index contributed by atoms with van der Waals surface area (Å²) in [5.41, 5.74) is -0.361. The first kappa shape index (κ1) is 22.8. The van der Waals surface area contributed by atoms with Gasteiger partial charge in [0.25, 0.3) is 0 Å². The second kappa shape index (κ2) is 12.8. The summed E-state index contributed by atoms with van der Waals surface area (Å²) in [5.74, 6) is 0.851. The molecule has 1 N–H and O–H groups in total. The molecule has 2 saturated carbocycles. The SMILES string of the molecule is CCCCCCCCCCCCC1CCC(C2(C(=O)O)CCCCC2)CC1. The van der Waals surface area contributed by atoms with Crippen LogP contribution in [0.5, 0.6) is 0 Å². The Morgan fingerprint density at radius 1 is 0.778 bits per heavy atom. The minimum absolute atomic E-state index is 0.361. The molecule has 2 aliphatic rings. The molecule has 0 heterocycles.